The molecule has 0 fully saturated rings. The molecule has 0 heterocycles. The lowest BCUT2D eigenvalue weighted by Gasteiger charge is -2.04. The van der Waals surface area contributed by atoms with E-state index in [0.717, 1.165) is 12.1 Å². The number of allylic oxidation sites excluding steroid dienone is 1. The Morgan fingerprint density at radius 2 is 1.79 bits per heavy atom. The molecule has 0 aliphatic heterocycles. The number of nitrogens with two attached hydrogens (primary N) is 1. The molecule has 0 amide bonds. The van der Waals surface area contributed by atoms with Gasteiger partial charge in [0, 0.05) is 6.21 Å². The quantitative estimate of drug-likeness (QED) is 0.824. The molecule has 0 aliphatic rings. The Labute approximate surface area is 114 Å². The van der Waals surface area contributed by atoms with Crippen LogP contribution in [0, 0.1) is 6.92 Å². The second kappa shape index (κ2) is 6.55. The summed E-state index contributed by atoms with van der Waals surface area (Å²) < 4.78 is 0. The second-order valence-electron chi connectivity index (χ2n) is 4.50. The first-order valence-electron chi connectivity index (χ1n) is 6.33. The van der Waals surface area contributed by atoms with Crippen molar-refractivity contribution < 1.29 is 0 Å². The van der Waals surface area contributed by atoms with Crippen LogP contribution in [0.4, 0.5) is 5.69 Å². The summed E-state index contributed by atoms with van der Waals surface area (Å²) in [6.45, 7) is 2.11. The summed E-state index contributed by atoms with van der Waals surface area (Å²) in [5.74, 6) is 0. The minimum atomic E-state index is 0.928. The van der Waals surface area contributed by atoms with Crippen LogP contribution in [0.2, 0.25) is 0 Å². The van der Waals surface area contributed by atoms with Crippen LogP contribution in [0.3, 0.4) is 0 Å². The maximum Gasteiger partial charge on any atom is 0.0632 e. The highest BCUT2D eigenvalue weighted by atomic mass is 14.7. The minimum Gasteiger partial charge on any atom is -0.405 e. The van der Waals surface area contributed by atoms with E-state index in [9.17, 15) is 0 Å². The lowest BCUT2D eigenvalue weighted by molar-refractivity contribution is 1.18. The minimum absolute atomic E-state index is 0.928. The lowest BCUT2D eigenvalue weighted by Crippen LogP contribution is -1.88. The van der Waals surface area contributed by atoms with Crippen molar-refractivity contribution in [2.75, 3.05) is 0 Å². The van der Waals surface area contributed by atoms with Crippen LogP contribution >= 0.6 is 0 Å². The van der Waals surface area contributed by atoms with E-state index in [-0.39, 0.29) is 0 Å². The van der Waals surface area contributed by atoms with Crippen LogP contribution in [0.5, 0.6) is 0 Å². The van der Waals surface area contributed by atoms with Crippen LogP contribution in [-0.4, -0.2) is 6.21 Å². The molecule has 0 aliphatic carbocycles. The van der Waals surface area contributed by atoms with Crippen LogP contribution in [-0.2, 0) is 6.42 Å². The summed E-state index contributed by atoms with van der Waals surface area (Å²) in [5.41, 5.74) is 10.1. The zero-order chi connectivity index (χ0) is 13.5. The normalized spacial score (nSPS) is 11.4. The van der Waals surface area contributed by atoms with Gasteiger partial charge in [-0.2, -0.15) is 0 Å². The van der Waals surface area contributed by atoms with Crippen molar-refractivity contribution in [3.63, 3.8) is 0 Å². The summed E-state index contributed by atoms with van der Waals surface area (Å²) >= 11 is 0. The molecule has 0 atom stereocenters. The average Bonchev–Trinajstić information content (AvgIpc) is 2.39. The second-order valence-corrected chi connectivity index (χ2v) is 4.50. The third-order valence-corrected chi connectivity index (χ3v) is 2.82. The fraction of sp³-hybridized carbons (Fsp3) is 0.118. The van der Waals surface area contributed by atoms with Gasteiger partial charge in [0.25, 0.3) is 0 Å². The SMILES string of the molecule is Cc1cccc(Cc2cccc(N=C/C=C\N)c2)c1. The number of rotatable bonds is 4. The fourth-order valence-corrected chi connectivity index (χ4v) is 1.98. The molecule has 19 heavy (non-hydrogen) atoms. The van der Waals surface area contributed by atoms with E-state index in [1.54, 1.807) is 12.3 Å². The molecule has 2 heteroatoms. The zero-order valence-electron chi connectivity index (χ0n) is 11.1. The first-order valence-corrected chi connectivity index (χ1v) is 6.33. The molecule has 0 aromatic heterocycles. The van der Waals surface area contributed by atoms with E-state index in [0.29, 0.717) is 0 Å². The van der Waals surface area contributed by atoms with Gasteiger partial charge in [-0.15, -0.1) is 0 Å². The van der Waals surface area contributed by atoms with Gasteiger partial charge >= 0.3 is 0 Å². The van der Waals surface area contributed by atoms with Gasteiger partial charge in [-0.3, -0.25) is 4.99 Å². The standard InChI is InChI=1S/C17H18N2/c1-14-5-2-6-15(11-14)12-16-7-3-8-17(13-16)19-10-4-9-18/h2-11,13H,12,18H2,1H3/b9-4-,19-10?. The number of hydrogen-bond acceptors (Lipinski definition) is 2. The van der Waals surface area contributed by atoms with Gasteiger partial charge in [-0.25, -0.2) is 0 Å². The molecule has 2 aromatic carbocycles. The van der Waals surface area contributed by atoms with Crippen molar-refractivity contribution in [2.45, 2.75) is 13.3 Å². The number of benzene rings is 2. The molecule has 0 saturated heterocycles. The highest BCUT2D eigenvalue weighted by Gasteiger charge is 1.98. The number of aryl methyl sites for hydroxylation is 1. The third kappa shape index (κ3) is 4.11. The highest BCUT2D eigenvalue weighted by Crippen LogP contribution is 2.17. The van der Waals surface area contributed by atoms with E-state index >= 15 is 0 Å². The Bertz CT molecular complexity index is 598. The van der Waals surface area contributed by atoms with Gasteiger partial charge in [0.2, 0.25) is 0 Å². The topological polar surface area (TPSA) is 38.4 Å². The first-order chi connectivity index (χ1) is 9.28. The molecule has 0 saturated carbocycles. The molecule has 0 unspecified atom stereocenters. The maximum absolute atomic E-state index is 5.27. The van der Waals surface area contributed by atoms with Gasteiger partial charge < -0.3 is 5.73 Å². The van der Waals surface area contributed by atoms with Gasteiger partial charge in [-0.05, 0) is 48.9 Å². The molecule has 0 radical (unpaired) electrons. The van der Waals surface area contributed by atoms with Crippen molar-refractivity contribution in [3.8, 4) is 0 Å². The predicted molar refractivity (Wildman–Crippen MR) is 81.9 cm³/mol. The summed E-state index contributed by atoms with van der Waals surface area (Å²) in [5, 5.41) is 0. The van der Waals surface area contributed by atoms with Gasteiger partial charge in [0.1, 0.15) is 0 Å². The molecule has 0 bridgehead atoms. The van der Waals surface area contributed by atoms with E-state index in [1.807, 2.05) is 12.1 Å². The van der Waals surface area contributed by atoms with Gasteiger partial charge in [-0.1, -0.05) is 42.0 Å². The highest BCUT2D eigenvalue weighted by molar-refractivity contribution is 5.74. The van der Waals surface area contributed by atoms with E-state index in [4.69, 9.17) is 5.73 Å². The average molecular weight is 250 g/mol. The van der Waals surface area contributed by atoms with Crippen LogP contribution in [0.25, 0.3) is 0 Å². The third-order valence-electron chi connectivity index (χ3n) is 2.82. The largest absolute Gasteiger partial charge is 0.405 e. The lowest BCUT2D eigenvalue weighted by atomic mass is 10.0. The van der Waals surface area contributed by atoms with Gasteiger partial charge in [0.05, 0.1) is 5.69 Å². The van der Waals surface area contributed by atoms with Crippen molar-refractivity contribution in [1.82, 2.24) is 0 Å². The Hall–Kier alpha value is -2.35. The van der Waals surface area contributed by atoms with Crippen LogP contribution < -0.4 is 5.73 Å². The van der Waals surface area contributed by atoms with E-state index < -0.39 is 0 Å². The fourth-order valence-electron chi connectivity index (χ4n) is 1.98. The molecular formula is C17H18N2. The molecule has 96 valence electrons. The van der Waals surface area contributed by atoms with Crippen LogP contribution in [0.1, 0.15) is 16.7 Å². The Morgan fingerprint density at radius 3 is 2.53 bits per heavy atom. The predicted octanol–water partition coefficient (Wildman–Crippen LogP) is 3.76. The monoisotopic (exact) mass is 250 g/mol. The molecule has 2 N–H and O–H groups in total. The van der Waals surface area contributed by atoms with Crippen LogP contribution in [0.15, 0.2) is 65.8 Å². The van der Waals surface area contributed by atoms with Crippen molar-refractivity contribution >= 4 is 11.9 Å². The molecule has 0 spiro atoms. The number of hydrogen-bond donors (Lipinski definition) is 1. The smallest absolute Gasteiger partial charge is 0.0632 e. The molecule has 2 rings (SSSR count). The number of aliphatic imine (C=N–C) groups is 1. The number of nitrogens with zero attached hydrogens (tertiary/aromatic N) is 1. The Morgan fingerprint density at radius 1 is 1.05 bits per heavy atom. The van der Waals surface area contributed by atoms with Crippen molar-refractivity contribution in [2.24, 2.45) is 10.7 Å². The Kier molecular flexibility index (Phi) is 4.51. The van der Waals surface area contributed by atoms with E-state index in [1.165, 1.54) is 22.9 Å². The Balaban J connectivity index is 2.15. The summed E-state index contributed by atoms with van der Waals surface area (Å²) in [7, 11) is 0. The van der Waals surface area contributed by atoms with Gasteiger partial charge in [0.15, 0.2) is 0 Å². The summed E-state index contributed by atoms with van der Waals surface area (Å²) in [6.07, 6.45) is 5.82. The maximum atomic E-state index is 5.27. The van der Waals surface area contributed by atoms with E-state index in [2.05, 4.69) is 48.3 Å². The summed E-state index contributed by atoms with van der Waals surface area (Å²) in [6, 6.07) is 16.8. The molecule has 2 nitrogen and oxygen atoms in total. The molecule has 2 aromatic rings. The van der Waals surface area contributed by atoms with Crippen molar-refractivity contribution in [1.29, 1.82) is 0 Å². The zero-order valence-corrected chi connectivity index (χ0v) is 11.1. The van der Waals surface area contributed by atoms with Crippen molar-refractivity contribution in [3.05, 3.63) is 77.5 Å². The molecular weight excluding hydrogens is 232 g/mol. The first kappa shape index (κ1) is 13.1. The summed E-state index contributed by atoms with van der Waals surface area (Å²) in [4.78, 5) is 4.32.